The predicted molar refractivity (Wildman–Crippen MR) is 138 cm³/mol. The molecule has 9 heteroatoms. The molecule has 0 bridgehead atoms. The highest BCUT2D eigenvalue weighted by Gasteiger charge is 2.27. The monoisotopic (exact) mass is 517 g/mol. The number of hydrogen-bond donors (Lipinski definition) is 1. The molecule has 34 heavy (non-hydrogen) atoms. The summed E-state index contributed by atoms with van der Waals surface area (Å²) >= 11 is 18.6. The fourth-order valence-electron chi connectivity index (χ4n) is 3.81. The molecular formula is C25H26Cl3N5O. The first-order valence-corrected chi connectivity index (χ1v) is 12.4. The van der Waals surface area contributed by atoms with Crippen LogP contribution in [0.3, 0.4) is 0 Å². The van der Waals surface area contributed by atoms with Crippen molar-refractivity contribution < 1.29 is 4.79 Å². The van der Waals surface area contributed by atoms with E-state index in [1.807, 2.05) is 31.0 Å². The van der Waals surface area contributed by atoms with Crippen LogP contribution >= 0.6 is 34.8 Å². The largest absolute Gasteiger partial charge is 0.286 e. The first-order chi connectivity index (χ1) is 16.5. The number of carbonyl (C=O) groups is 1. The van der Waals surface area contributed by atoms with Crippen LogP contribution in [0.4, 0.5) is 0 Å². The van der Waals surface area contributed by atoms with Crippen LogP contribution in [0.2, 0.25) is 15.1 Å². The Bertz CT molecular complexity index is 1180. The van der Waals surface area contributed by atoms with E-state index in [4.69, 9.17) is 34.8 Å². The Labute approximate surface area is 215 Å². The molecule has 0 radical (unpaired) electrons. The zero-order valence-electron chi connectivity index (χ0n) is 19.1. The highest BCUT2D eigenvalue weighted by atomic mass is 35.5. The summed E-state index contributed by atoms with van der Waals surface area (Å²) in [7, 11) is 0. The molecule has 1 N–H and O–H groups in total. The zero-order chi connectivity index (χ0) is 24.7. The van der Waals surface area contributed by atoms with Gasteiger partial charge < -0.3 is 0 Å². The van der Waals surface area contributed by atoms with E-state index in [9.17, 15) is 10.1 Å². The van der Waals surface area contributed by atoms with Crippen LogP contribution < -0.4 is 5.43 Å². The maximum absolute atomic E-state index is 13.2. The molecule has 4 rings (SSSR count). The molecule has 1 fully saturated rings. The Kier molecular flexibility index (Phi) is 9.37. The van der Waals surface area contributed by atoms with Crippen molar-refractivity contribution in [3.8, 4) is 23.0 Å². The van der Waals surface area contributed by atoms with Crippen LogP contribution in [0, 0.1) is 11.3 Å². The van der Waals surface area contributed by atoms with E-state index >= 15 is 0 Å². The summed E-state index contributed by atoms with van der Waals surface area (Å²) in [5.41, 5.74) is 5.58. The van der Waals surface area contributed by atoms with Crippen LogP contribution in [-0.2, 0) is 6.42 Å². The fourth-order valence-corrected chi connectivity index (χ4v) is 4.43. The van der Waals surface area contributed by atoms with E-state index in [0.29, 0.717) is 32.0 Å². The number of aromatic nitrogens is 2. The maximum atomic E-state index is 13.2. The third-order valence-electron chi connectivity index (χ3n) is 5.33. The van der Waals surface area contributed by atoms with E-state index in [1.54, 1.807) is 35.0 Å². The van der Waals surface area contributed by atoms with Gasteiger partial charge in [-0.1, -0.05) is 67.2 Å². The molecule has 178 valence electrons. The average Bonchev–Trinajstić information content (AvgIpc) is 3.21. The lowest BCUT2D eigenvalue weighted by molar-refractivity contribution is 0.0743. The number of carbonyl (C=O) groups excluding carboxylic acids is 1. The molecule has 1 saturated heterocycles. The van der Waals surface area contributed by atoms with Gasteiger partial charge in [-0.15, -0.1) is 0 Å². The second-order valence-electron chi connectivity index (χ2n) is 7.51. The van der Waals surface area contributed by atoms with Gasteiger partial charge in [0.1, 0.15) is 0 Å². The summed E-state index contributed by atoms with van der Waals surface area (Å²) in [5, 5.41) is 17.5. The molecule has 6 nitrogen and oxygen atoms in total. The second-order valence-corrected chi connectivity index (χ2v) is 8.79. The smallest absolute Gasteiger partial charge is 0.283 e. The van der Waals surface area contributed by atoms with E-state index in [2.05, 4.69) is 16.6 Å². The lowest BCUT2D eigenvalue weighted by Gasteiger charge is -2.26. The molecule has 0 saturated carbocycles. The van der Waals surface area contributed by atoms with E-state index < -0.39 is 0 Å². The predicted octanol–water partition coefficient (Wildman–Crippen LogP) is 6.72. The van der Waals surface area contributed by atoms with E-state index in [1.165, 1.54) is 0 Å². The number of benzene rings is 2. The number of nitriles is 1. The first kappa shape index (κ1) is 26.1. The molecule has 1 aromatic heterocycles. The molecule has 2 heterocycles. The quantitative estimate of drug-likeness (QED) is 0.407. The normalized spacial score (nSPS) is 13.5. The van der Waals surface area contributed by atoms with Crippen LogP contribution in [0.15, 0.2) is 42.5 Å². The highest BCUT2D eigenvalue weighted by molar-refractivity contribution is 6.35. The van der Waals surface area contributed by atoms with Gasteiger partial charge in [0.25, 0.3) is 5.91 Å². The number of piperidine rings is 1. The summed E-state index contributed by atoms with van der Waals surface area (Å²) in [5.74, 6) is -0.351. The number of nitrogens with zero attached hydrogens (tertiary/aromatic N) is 4. The lowest BCUT2D eigenvalue weighted by atomic mass is 10.0. The minimum Gasteiger partial charge on any atom is -0.283 e. The number of hydrazine groups is 1. The van der Waals surface area contributed by atoms with Crippen molar-refractivity contribution in [1.29, 1.82) is 5.26 Å². The van der Waals surface area contributed by atoms with E-state index in [-0.39, 0.29) is 18.0 Å². The molecule has 0 unspecified atom stereocenters. The number of rotatable bonds is 5. The Morgan fingerprint density at radius 2 is 1.68 bits per heavy atom. The highest BCUT2D eigenvalue weighted by Crippen LogP contribution is 2.34. The third kappa shape index (κ3) is 5.92. The van der Waals surface area contributed by atoms with Gasteiger partial charge in [0.2, 0.25) is 0 Å². The molecule has 0 atom stereocenters. The molecule has 1 amide bonds. The van der Waals surface area contributed by atoms with Gasteiger partial charge in [-0.25, -0.2) is 9.69 Å². The van der Waals surface area contributed by atoms with Crippen molar-refractivity contribution in [3.63, 3.8) is 0 Å². The number of halogens is 3. The van der Waals surface area contributed by atoms with Gasteiger partial charge in [0, 0.05) is 34.3 Å². The SMILES string of the molecule is CC.N#CCc1c(C(=O)NN2CCCCC2)nn(-c2ccc(Cl)cc2Cl)c1-c1ccc(Cl)cc1. The molecule has 3 aromatic rings. The zero-order valence-corrected chi connectivity index (χ0v) is 21.4. The van der Waals surface area contributed by atoms with Gasteiger partial charge in [-0.3, -0.25) is 10.2 Å². The molecule has 2 aromatic carbocycles. The first-order valence-electron chi connectivity index (χ1n) is 11.2. The van der Waals surface area contributed by atoms with Crippen LogP contribution in [0.1, 0.15) is 49.2 Å². The minimum atomic E-state index is -0.351. The van der Waals surface area contributed by atoms with Crippen LogP contribution in [0.25, 0.3) is 16.9 Å². The molecular weight excluding hydrogens is 493 g/mol. The Morgan fingerprint density at radius 1 is 1.03 bits per heavy atom. The summed E-state index contributed by atoms with van der Waals surface area (Å²) in [6.07, 6.45) is 3.20. The summed E-state index contributed by atoms with van der Waals surface area (Å²) in [4.78, 5) is 13.2. The summed E-state index contributed by atoms with van der Waals surface area (Å²) in [6.45, 7) is 5.57. The van der Waals surface area contributed by atoms with Gasteiger partial charge in [-0.05, 0) is 43.2 Å². The second kappa shape index (κ2) is 12.2. The van der Waals surface area contributed by atoms with Crippen molar-refractivity contribution in [3.05, 3.63) is 68.8 Å². The molecule has 0 aliphatic carbocycles. The van der Waals surface area contributed by atoms with Crippen molar-refractivity contribution in [1.82, 2.24) is 20.2 Å². The summed E-state index contributed by atoms with van der Waals surface area (Å²) in [6, 6.07) is 14.4. The number of nitrogens with one attached hydrogen (secondary N) is 1. The van der Waals surface area contributed by atoms with Crippen LogP contribution in [-0.4, -0.2) is 33.8 Å². The average molecular weight is 519 g/mol. The number of amides is 1. The maximum Gasteiger partial charge on any atom is 0.286 e. The lowest BCUT2D eigenvalue weighted by Crippen LogP contribution is -2.45. The Balaban J connectivity index is 0.00000158. The van der Waals surface area contributed by atoms with Crippen molar-refractivity contribution in [2.24, 2.45) is 0 Å². The van der Waals surface area contributed by atoms with Gasteiger partial charge in [0.05, 0.1) is 28.9 Å². The fraction of sp³-hybridized carbons (Fsp3) is 0.320. The number of hydrogen-bond acceptors (Lipinski definition) is 4. The Hall–Kier alpha value is -2.56. The molecule has 0 spiro atoms. The third-order valence-corrected chi connectivity index (χ3v) is 6.12. The Morgan fingerprint density at radius 3 is 2.29 bits per heavy atom. The van der Waals surface area contributed by atoms with Crippen molar-refractivity contribution in [2.75, 3.05) is 13.1 Å². The standard InChI is InChI=1S/C23H20Cl3N5O.C2H6/c24-16-6-4-15(5-7-16)22-18(10-11-27)21(23(32)29-30-12-2-1-3-13-30)28-31(22)20-9-8-17(25)14-19(20)26;1-2/h4-9,14H,1-3,10,12-13H2,(H,29,32);1-2H3. The van der Waals surface area contributed by atoms with Crippen molar-refractivity contribution >= 4 is 40.7 Å². The summed E-state index contributed by atoms with van der Waals surface area (Å²) < 4.78 is 1.60. The van der Waals surface area contributed by atoms with Gasteiger partial charge >= 0.3 is 0 Å². The topological polar surface area (TPSA) is 74.0 Å². The van der Waals surface area contributed by atoms with Gasteiger partial charge in [-0.2, -0.15) is 10.4 Å². The van der Waals surface area contributed by atoms with Gasteiger partial charge in [0.15, 0.2) is 5.69 Å². The van der Waals surface area contributed by atoms with Crippen molar-refractivity contribution in [2.45, 2.75) is 39.5 Å². The van der Waals surface area contributed by atoms with E-state index in [0.717, 1.165) is 37.9 Å². The van der Waals surface area contributed by atoms with Crippen LogP contribution in [0.5, 0.6) is 0 Å². The molecule has 1 aliphatic rings. The molecule has 1 aliphatic heterocycles. The minimum absolute atomic E-state index is 0.00587.